The molecule has 0 fully saturated rings. The number of fused-ring (bicyclic) bond motifs is 1. The van der Waals surface area contributed by atoms with Gasteiger partial charge < -0.3 is 14.8 Å². The lowest BCUT2D eigenvalue weighted by molar-refractivity contribution is -0.540. The van der Waals surface area contributed by atoms with Crippen LogP contribution in [-0.4, -0.2) is 26.4 Å². The number of hydrogen-bond donors (Lipinski definition) is 1. The fourth-order valence-corrected chi connectivity index (χ4v) is 3.04. The van der Waals surface area contributed by atoms with Crippen LogP contribution in [0, 0.1) is 0 Å². The van der Waals surface area contributed by atoms with Gasteiger partial charge in [-0.25, -0.2) is 4.79 Å². The number of quaternary nitrogens is 1. The maximum atomic E-state index is 13.0. The highest BCUT2D eigenvalue weighted by Crippen LogP contribution is 2.38. The lowest BCUT2D eigenvalue weighted by atomic mass is 9.99. The van der Waals surface area contributed by atoms with Gasteiger partial charge in [-0.15, -0.1) is 0 Å². The molecule has 0 aliphatic rings. The van der Waals surface area contributed by atoms with Crippen LogP contribution in [0.5, 0.6) is 11.5 Å². The third-order valence-corrected chi connectivity index (χ3v) is 4.43. The zero-order chi connectivity index (χ0) is 21.2. The Kier molecular flexibility index (Phi) is 5.56. The summed E-state index contributed by atoms with van der Waals surface area (Å²) in [6.07, 6.45) is -3.86. The second-order valence-corrected chi connectivity index (χ2v) is 6.13. The topological polar surface area (TPSA) is 69.2 Å². The Bertz CT molecular complexity index is 1090. The average Bonchev–Trinajstić information content (AvgIpc) is 2.72. The average molecular weight is 404 g/mol. The number of ether oxygens (including phenoxy) is 2. The maximum Gasteiger partial charge on any atom is 0.416 e. The smallest absolute Gasteiger partial charge is 0.416 e. The van der Waals surface area contributed by atoms with E-state index in [4.69, 9.17) is 9.47 Å². The molecule has 0 unspecified atom stereocenters. The van der Waals surface area contributed by atoms with E-state index >= 15 is 0 Å². The number of methoxy groups -OCH3 is 1. The summed E-state index contributed by atoms with van der Waals surface area (Å²) in [7, 11) is 2.83. The second-order valence-electron chi connectivity index (χ2n) is 6.13. The number of carbonyl (C=O) groups is 2. The van der Waals surface area contributed by atoms with Gasteiger partial charge in [0.15, 0.2) is 17.7 Å². The van der Waals surface area contributed by atoms with E-state index in [1.165, 1.54) is 30.6 Å². The van der Waals surface area contributed by atoms with E-state index in [0.29, 0.717) is 22.8 Å². The number of hydrogen-bond acceptors (Lipinski definition) is 4. The Morgan fingerprint density at radius 2 is 1.79 bits per heavy atom. The highest BCUT2D eigenvalue weighted by Gasteiger charge is 2.32. The molecule has 2 N–H and O–H groups in total. The highest BCUT2D eigenvalue weighted by atomic mass is 19.4. The Labute approximate surface area is 164 Å². The normalized spacial score (nSPS) is 11.3. The minimum absolute atomic E-state index is 0.187. The van der Waals surface area contributed by atoms with Crippen molar-refractivity contribution in [1.29, 1.82) is 0 Å². The molecular formula is C21H17F3NO4+. The predicted octanol–water partition coefficient (Wildman–Crippen LogP) is 4.07. The van der Waals surface area contributed by atoms with Gasteiger partial charge in [-0.2, -0.15) is 13.2 Å². The molecule has 3 aromatic rings. The van der Waals surface area contributed by atoms with E-state index in [1.807, 2.05) is 0 Å². The minimum Gasteiger partial charge on any atom is -0.465 e. The van der Waals surface area contributed by atoms with Crippen LogP contribution in [0.2, 0.25) is 0 Å². The molecule has 8 heteroatoms. The molecule has 150 valence electrons. The van der Waals surface area contributed by atoms with E-state index < -0.39 is 17.7 Å². The van der Waals surface area contributed by atoms with Gasteiger partial charge in [0.1, 0.15) is 5.75 Å². The van der Waals surface area contributed by atoms with Crippen LogP contribution in [0.3, 0.4) is 0 Å². The summed E-state index contributed by atoms with van der Waals surface area (Å²) in [5, 5.41) is 2.31. The van der Waals surface area contributed by atoms with Crippen molar-refractivity contribution in [2.45, 2.75) is 6.18 Å². The van der Waals surface area contributed by atoms with Crippen molar-refractivity contribution in [2.75, 3.05) is 14.2 Å². The zero-order valence-electron chi connectivity index (χ0n) is 15.5. The van der Waals surface area contributed by atoms with Gasteiger partial charge in [0.2, 0.25) is 0 Å². The van der Waals surface area contributed by atoms with E-state index in [-0.39, 0.29) is 22.6 Å². The van der Waals surface area contributed by atoms with Crippen molar-refractivity contribution < 1.29 is 37.6 Å². The first-order valence-electron chi connectivity index (χ1n) is 8.57. The molecule has 0 heterocycles. The molecule has 3 aromatic carbocycles. The standard InChI is InChI=1S/C21H16F3NO4/c1-25-16-10-13(21(22,23)24)6-8-18(16)29-17-9-7-15(20(27)28-2)19-12(11-26)4-3-5-14(17)19/h3-11,25H,1-2H3/p+1. The van der Waals surface area contributed by atoms with Crippen LogP contribution < -0.4 is 10.1 Å². The lowest BCUT2D eigenvalue weighted by Crippen LogP contribution is -2.72. The van der Waals surface area contributed by atoms with Crippen molar-refractivity contribution in [3.05, 3.63) is 65.2 Å². The second kappa shape index (κ2) is 7.92. The molecule has 0 aliphatic heterocycles. The fourth-order valence-electron chi connectivity index (χ4n) is 3.04. The summed E-state index contributed by atoms with van der Waals surface area (Å²) in [5.41, 5.74) is -0.0704. The third kappa shape index (κ3) is 3.93. The van der Waals surface area contributed by atoms with Crippen LogP contribution in [0.25, 0.3) is 10.8 Å². The molecule has 5 nitrogen and oxygen atoms in total. The minimum atomic E-state index is -4.47. The Hall–Kier alpha value is -3.39. The van der Waals surface area contributed by atoms with Crippen LogP contribution in [0.15, 0.2) is 48.5 Å². The number of benzene rings is 3. The van der Waals surface area contributed by atoms with Crippen molar-refractivity contribution in [1.82, 2.24) is 0 Å². The van der Waals surface area contributed by atoms with Crippen molar-refractivity contribution in [3.8, 4) is 11.5 Å². The highest BCUT2D eigenvalue weighted by molar-refractivity contribution is 6.12. The van der Waals surface area contributed by atoms with E-state index in [1.54, 1.807) is 25.2 Å². The number of aldehydes is 1. The molecule has 0 saturated carbocycles. The molecule has 0 spiro atoms. The third-order valence-electron chi connectivity index (χ3n) is 4.43. The van der Waals surface area contributed by atoms with E-state index in [9.17, 15) is 22.8 Å². The van der Waals surface area contributed by atoms with Crippen LogP contribution in [0.4, 0.5) is 18.9 Å². The van der Waals surface area contributed by atoms with Gasteiger partial charge in [-0.05, 0) is 24.3 Å². The quantitative estimate of drug-likeness (QED) is 0.395. The summed E-state index contributed by atoms with van der Waals surface area (Å²) < 4.78 is 49.6. The van der Waals surface area contributed by atoms with Crippen molar-refractivity contribution >= 4 is 28.7 Å². The summed E-state index contributed by atoms with van der Waals surface area (Å²) in [6.45, 7) is 0. The molecule has 0 saturated heterocycles. The maximum absolute atomic E-state index is 13.0. The SMILES string of the molecule is C[NH2+]c1cc(C(F)(F)F)ccc1Oc1ccc(C(=O)OC)c2c(C=O)cccc12. The van der Waals surface area contributed by atoms with Gasteiger partial charge in [0, 0.05) is 22.4 Å². The molecular weight excluding hydrogens is 387 g/mol. The molecule has 29 heavy (non-hydrogen) atoms. The monoisotopic (exact) mass is 404 g/mol. The predicted molar refractivity (Wildman–Crippen MR) is 99.7 cm³/mol. The lowest BCUT2D eigenvalue weighted by Gasteiger charge is -2.15. The number of esters is 1. The Balaban J connectivity index is 2.15. The van der Waals surface area contributed by atoms with E-state index in [2.05, 4.69) is 0 Å². The number of nitrogens with two attached hydrogens (primary N) is 1. The van der Waals surface area contributed by atoms with Crippen molar-refractivity contribution in [2.24, 2.45) is 0 Å². The number of halogens is 3. The molecule has 0 aliphatic carbocycles. The summed E-state index contributed by atoms with van der Waals surface area (Å²) in [4.78, 5) is 23.6. The zero-order valence-corrected chi connectivity index (χ0v) is 15.5. The first kappa shape index (κ1) is 20.3. The van der Waals surface area contributed by atoms with Gasteiger partial charge >= 0.3 is 12.1 Å². The van der Waals surface area contributed by atoms with Gasteiger partial charge in [0.25, 0.3) is 0 Å². The number of alkyl halides is 3. The van der Waals surface area contributed by atoms with Gasteiger partial charge in [-0.1, -0.05) is 18.2 Å². The fraction of sp³-hybridized carbons (Fsp3) is 0.143. The largest absolute Gasteiger partial charge is 0.465 e. The van der Waals surface area contributed by atoms with Gasteiger partial charge in [0.05, 0.1) is 25.3 Å². The molecule has 0 amide bonds. The molecule has 0 atom stereocenters. The molecule has 0 bridgehead atoms. The van der Waals surface area contributed by atoms with Crippen molar-refractivity contribution in [3.63, 3.8) is 0 Å². The first-order valence-corrected chi connectivity index (χ1v) is 8.57. The van der Waals surface area contributed by atoms with Gasteiger partial charge in [-0.3, -0.25) is 4.79 Å². The summed E-state index contributed by atoms with van der Waals surface area (Å²) in [6, 6.07) is 11.0. The Morgan fingerprint density at radius 3 is 2.41 bits per heavy atom. The van der Waals surface area contributed by atoms with Crippen LogP contribution in [-0.2, 0) is 10.9 Å². The van der Waals surface area contributed by atoms with Crippen LogP contribution >= 0.6 is 0 Å². The molecule has 0 radical (unpaired) electrons. The van der Waals surface area contributed by atoms with Crippen LogP contribution in [0.1, 0.15) is 26.3 Å². The first-order chi connectivity index (χ1) is 13.8. The number of carbonyl (C=O) groups excluding carboxylic acids is 2. The molecule has 0 aromatic heterocycles. The Morgan fingerprint density at radius 1 is 1.07 bits per heavy atom. The van der Waals surface area contributed by atoms with E-state index in [0.717, 1.165) is 12.1 Å². The number of rotatable bonds is 5. The molecule has 3 rings (SSSR count). The summed E-state index contributed by atoms with van der Waals surface area (Å²) in [5.74, 6) is -0.115. The summed E-state index contributed by atoms with van der Waals surface area (Å²) >= 11 is 0.